The second kappa shape index (κ2) is 2.09. The molecule has 0 aliphatic carbocycles. The standard InChI is InChI=1S/C5H4INOS/c6-5-7-3-1-2-8-4(3)9-5/h1-2H2. The summed E-state index contributed by atoms with van der Waals surface area (Å²) in [5.74, 6) is 0. The van der Waals surface area contributed by atoms with E-state index in [0.717, 1.165) is 26.8 Å². The number of hydrogen-bond donors (Lipinski definition) is 0. The first kappa shape index (κ1) is 5.91. The van der Waals surface area contributed by atoms with Gasteiger partial charge in [0.25, 0.3) is 0 Å². The monoisotopic (exact) mass is 253 g/mol. The van der Waals surface area contributed by atoms with E-state index in [1.165, 1.54) is 0 Å². The number of halogens is 1. The highest BCUT2D eigenvalue weighted by Gasteiger charge is 2.16. The minimum atomic E-state index is 0.824. The molecule has 4 heteroatoms. The quantitative estimate of drug-likeness (QED) is 0.656. The molecule has 48 valence electrons. The number of nitrogens with zero attached hydrogens (tertiary/aromatic N) is 1. The molecule has 0 amide bonds. The second-order valence-electron chi connectivity index (χ2n) is 1.80. The van der Waals surface area contributed by atoms with Crippen LogP contribution in [0.2, 0.25) is 0 Å². The third-order valence-electron chi connectivity index (χ3n) is 1.21. The van der Waals surface area contributed by atoms with Gasteiger partial charge in [-0.15, -0.1) is 0 Å². The number of thiazole rings is 1. The molecule has 2 rings (SSSR count). The van der Waals surface area contributed by atoms with Gasteiger partial charge in [-0.2, -0.15) is 0 Å². The van der Waals surface area contributed by atoms with Gasteiger partial charge in [-0.25, -0.2) is 4.98 Å². The molecule has 0 N–H and O–H groups in total. The van der Waals surface area contributed by atoms with Crippen molar-refractivity contribution in [2.24, 2.45) is 0 Å². The lowest BCUT2D eigenvalue weighted by molar-refractivity contribution is 0.365. The smallest absolute Gasteiger partial charge is 0.198 e. The Bertz CT molecular complexity index is 213. The highest BCUT2D eigenvalue weighted by Crippen LogP contribution is 2.32. The molecule has 1 aliphatic rings. The lowest BCUT2D eigenvalue weighted by Crippen LogP contribution is -1.87. The van der Waals surface area contributed by atoms with Crippen LogP contribution in [-0.2, 0) is 6.42 Å². The van der Waals surface area contributed by atoms with Gasteiger partial charge in [0.1, 0.15) is 0 Å². The Hall–Kier alpha value is 0.160. The van der Waals surface area contributed by atoms with Crippen LogP contribution in [0.4, 0.5) is 0 Å². The maximum Gasteiger partial charge on any atom is 0.198 e. The molecule has 9 heavy (non-hydrogen) atoms. The molecule has 0 unspecified atom stereocenters. The summed E-state index contributed by atoms with van der Waals surface area (Å²) in [5.41, 5.74) is 1.14. The Morgan fingerprint density at radius 2 is 2.56 bits per heavy atom. The van der Waals surface area contributed by atoms with E-state index in [1.54, 1.807) is 11.3 Å². The summed E-state index contributed by atoms with van der Waals surface area (Å²) in [7, 11) is 0. The van der Waals surface area contributed by atoms with Crippen LogP contribution >= 0.6 is 33.9 Å². The Morgan fingerprint density at radius 3 is 3.33 bits per heavy atom. The molecule has 0 bridgehead atoms. The van der Waals surface area contributed by atoms with Crippen molar-refractivity contribution in [3.63, 3.8) is 0 Å². The van der Waals surface area contributed by atoms with Crippen LogP contribution < -0.4 is 4.74 Å². The third kappa shape index (κ3) is 0.939. The summed E-state index contributed by atoms with van der Waals surface area (Å²) < 4.78 is 6.35. The van der Waals surface area contributed by atoms with Crippen molar-refractivity contribution in [3.05, 3.63) is 8.71 Å². The summed E-state index contributed by atoms with van der Waals surface area (Å²) in [6.07, 6.45) is 0.995. The zero-order valence-corrected chi connectivity index (χ0v) is 7.53. The van der Waals surface area contributed by atoms with E-state index in [0.29, 0.717) is 0 Å². The van der Waals surface area contributed by atoms with Crippen LogP contribution in [0, 0.1) is 3.01 Å². The molecule has 2 heterocycles. The number of fused-ring (bicyclic) bond motifs is 1. The van der Waals surface area contributed by atoms with E-state index in [1.807, 2.05) is 0 Å². The first-order valence-corrected chi connectivity index (χ1v) is 4.54. The van der Waals surface area contributed by atoms with Crippen molar-refractivity contribution >= 4 is 33.9 Å². The molecule has 0 atom stereocenters. The van der Waals surface area contributed by atoms with Crippen molar-refractivity contribution in [2.75, 3.05) is 6.61 Å². The van der Waals surface area contributed by atoms with Gasteiger partial charge >= 0.3 is 0 Å². The normalized spacial score (nSPS) is 15.2. The van der Waals surface area contributed by atoms with Crippen molar-refractivity contribution in [3.8, 4) is 5.06 Å². The topological polar surface area (TPSA) is 22.1 Å². The number of rotatable bonds is 0. The first-order chi connectivity index (χ1) is 4.36. The molecule has 2 nitrogen and oxygen atoms in total. The van der Waals surface area contributed by atoms with E-state index in [2.05, 4.69) is 27.6 Å². The van der Waals surface area contributed by atoms with E-state index in [9.17, 15) is 0 Å². The van der Waals surface area contributed by atoms with Crippen molar-refractivity contribution < 1.29 is 4.74 Å². The van der Waals surface area contributed by atoms with Crippen LogP contribution in [-0.4, -0.2) is 11.6 Å². The molecule has 0 saturated heterocycles. The molecular weight excluding hydrogens is 249 g/mol. The molecule has 0 spiro atoms. The first-order valence-electron chi connectivity index (χ1n) is 2.64. The van der Waals surface area contributed by atoms with Crippen LogP contribution in [0.3, 0.4) is 0 Å². The molecular formula is C5H4INOS. The Kier molecular flexibility index (Phi) is 1.37. The summed E-state index contributed by atoms with van der Waals surface area (Å²) in [5, 5.41) is 1.03. The second-order valence-corrected chi connectivity index (χ2v) is 4.51. The summed E-state index contributed by atoms with van der Waals surface area (Å²) in [6.45, 7) is 0.824. The van der Waals surface area contributed by atoms with Gasteiger partial charge in [-0.1, -0.05) is 11.3 Å². The van der Waals surface area contributed by atoms with Gasteiger partial charge < -0.3 is 4.74 Å². The van der Waals surface area contributed by atoms with Crippen molar-refractivity contribution in [1.82, 2.24) is 4.98 Å². The van der Waals surface area contributed by atoms with E-state index in [-0.39, 0.29) is 0 Å². The molecule has 0 fully saturated rings. The lowest BCUT2D eigenvalue weighted by atomic mass is 10.4. The van der Waals surface area contributed by atoms with Crippen LogP contribution in [0.5, 0.6) is 5.06 Å². The zero-order valence-electron chi connectivity index (χ0n) is 4.56. The minimum Gasteiger partial charge on any atom is -0.482 e. The highest BCUT2D eigenvalue weighted by molar-refractivity contribution is 14.1. The van der Waals surface area contributed by atoms with Gasteiger partial charge in [-0.3, -0.25) is 0 Å². The lowest BCUT2D eigenvalue weighted by Gasteiger charge is -1.86. The van der Waals surface area contributed by atoms with E-state index >= 15 is 0 Å². The predicted octanol–water partition coefficient (Wildman–Crippen LogP) is 1.68. The molecule has 1 aromatic rings. The van der Waals surface area contributed by atoms with Gasteiger partial charge in [0.2, 0.25) is 0 Å². The number of ether oxygens (including phenoxy) is 1. The maximum absolute atomic E-state index is 5.27. The third-order valence-corrected chi connectivity index (χ3v) is 2.91. The highest BCUT2D eigenvalue weighted by atomic mass is 127. The molecule has 0 aromatic carbocycles. The number of hydrogen-bond acceptors (Lipinski definition) is 3. The fraction of sp³-hybridized carbons (Fsp3) is 0.400. The molecule has 0 radical (unpaired) electrons. The molecule has 1 aliphatic heterocycles. The SMILES string of the molecule is Ic1nc2c(s1)OCC2. The summed E-state index contributed by atoms with van der Waals surface area (Å²) in [6, 6.07) is 0. The van der Waals surface area contributed by atoms with Crippen molar-refractivity contribution in [1.29, 1.82) is 0 Å². The van der Waals surface area contributed by atoms with Crippen LogP contribution in [0.1, 0.15) is 5.69 Å². The Balaban J connectivity index is 2.51. The van der Waals surface area contributed by atoms with Gasteiger partial charge in [0.05, 0.1) is 12.3 Å². The summed E-state index contributed by atoms with van der Waals surface area (Å²) in [4.78, 5) is 4.27. The fourth-order valence-electron chi connectivity index (χ4n) is 0.821. The average Bonchev–Trinajstić information content (AvgIpc) is 2.22. The zero-order chi connectivity index (χ0) is 6.27. The van der Waals surface area contributed by atoms with Crippen LogP contribution in [0.25, 0.3) is 0 Å². The van der Waals surface area contributed by atoms with E-state index in [4.69, 9.17) is 4.74 Å². The van der Waals surface area contributed by atoms with Crippen molar-refractivity contribution in [2.45, 2.75) is 6.42 Å². The maximum atomic E-state index is 5.27. The number of aromatic nitrogens is 1. The molecule has 0 saturated carbocycles. The van der Waals surface area contributed by atoms with E-state index < -0.39 is 0 Å². The van der Waals surface area contributed by atoms with Crippen LogP contribution in [0.15, 0.2) is 0 Å². The Morgan fingerprint density at radius 1 is 1.67 bits per heavy atom. The summed E-state index contributed by atoms with van der Waals surface area (Å²) >= 11 is 3.84. The Labute approximate surface area is 70.4 Å². The predicted molar refractivity (Wildman–Crippen MR) is 44.0 cm³/mol. The largest absolute Gasteiger partial charge is 0.482 e. The van der Waals surface area contributed by atoms with Gasteiger partial charge in [0.15, 0.2) is 8.08 Å². The van der Waals surface area contributed by atoms with Gasteiger partial charge in [-0.05, 0) is 22.6 Å². The average molecular weight is 253 g/mol. The fourth-order valence-corrected chi connectivity index (χ4v) is 2.43. The minimum absolute atomic E-state index is 0.824. The van der Waals surface area contributed by atoms with Gasteiger partial charge in [0, 0.05) is 6.42 Å². The molecule has 1 aromatic heterocycles.